The molecule has 0 radical (unpaired) electrons. The lowest BCUT2D eigenvalue weighted by molar-refractivity contribution is -0.117. The summed E-state index contributed by atoms with van der Waals surface area (Å²) in [5.74, 6) is 0.648. The van der Waals surface area contributed by atoms with Crippen molar-refractivity contribution in [2.24, 2.45) is 0 Å². The minimum absolute atomic E-state index is 0.240. The Hall–Kier alpha value is -3.42. The van der Waals surface area contributed by atoms with E-state index >= 15 is 0 Å². The van der Waals surface area contributed by atoms with Gasteiger partial charge < -0.3 is 19.9 Å². The molecule has 1 aromatic heterocycles. The number of amides is 1. The molecule has 0 aliphatic rings. The quantitative estimate of drug-likeness (QED) is 0.672. The van der Waals surface area contributed by atoms with E-state index in [1.165, 1.54) is 0 Å². The van der Waals surface area contributed by atoms with Crippen LogP contribution in [0, 0.1) is 13.8 Å². The van der Waals surface area contributed by atoms with Crippen LogP contribution >= 0.6 is 0 Å². The molecule has 0 aliphatic carbocycles. The second-order valence-electron chi connectivity index (χ2n) is 6.46. The lowest BCUT2D eigenvalue weighted by atomic mass is 9.96. The van der Waals surface area contributed by atoms with Gasteiger partial charge >= 0.3 is 0 Å². The average Bonchev–Trinajstić information content (AvgIpc) is 3.23. The summed E-state index contributed by atoms with van der Waals surface area (Å²) >= 11 is 0. The first-order valence-corrected chi connectivity index (χ1v) is 8.79. The Morgan fingerprint density at radius 1 is 1.11 bits per heavy atom. The zero-order valence-corrected chi connectivity index (χ0v) is 16.3. The summed E-state index contributed by atoms with van der Waals surface area (Å²) in [6.07, 6.45) is 0.331. The third-order valence-electron chi connectivity index (χ3n) is 4.66. The molecule has 1 amide bonds. The van der Waals surface area contributed by atoms with Crippen molar-refractivity contribution in [3.8, 4) is 11.5 Å². The highest BCUT2D eigenvalue weighted by molar-refractivity contribution is 5.95. The SMILES string of the molecule is COc1ccc(C[C@@H](C(=O)Nc2ccc(C)c(C)c2)c2nnn[n-]2)c(OC)c1. The third-order valence-corrected chi connectivity index (χ3v) is 4.66. The highest BCUT2D eigenvalue weighted by Crippen LogP contribution is 2.29. The largest absolute Gasteiger partial charge is 0.497 e. The highest BCUT2D eigenvalue weighted by atomic mass is 16.5. The topological polar surface area (TPSA) is 100 Å². The number of aromatic nitrogens is 4. The van der Waals surface area contributed by atoms with E-state index in [0.29, 0.717) is 23.6 Å². The van der Waals surface area contributed by atoms with E-state index in [2.05, 4.69) is 25.9 Å². The molecule has 0 fully saturated rings. The summed E-state index contributed by atoms with van der Waals surface area (Å²) < 4.78 is 10.7. The van der Waals surface area contributed by atoms with E-state index in [1.54, 1.807) is 20.3 Å². The molecule has 8 nitrogen and oxygen atoms in total. The molecule has 0 saturated carbocycles. The number of anilines is 1. The molecule has 1 N–H and O–H groups in total. The summed E-state index contributed by atoms with van der Waals surface area (Å²) in [5, 5.41) is 17.8. The average molecular weight is 380 g/mol. The maximum atomic E-state index is 13.0. The number of carbonyl (C=O) groups excluding carboxylic acids is 1. The number of rotatable bonds is 7. The summed E-state index contributed by atoms with van der Waals surface area (Å²) in [7, 11) is 3.16. The molecule has 0 bridgehead atoms. The van der Waals surface area contributed by atoms with E-state index in [4.69, 9.17) is 9.47 Å². The lowest BCUT2D eigenvalue weighted by Crippen LogP contribution is -2.24. The van der Waals surface area contributed by atoms with Gasteiger partial charge in [-0.05, 0) is 55.2 Å². The number of benzene rings is 2. The predicted molar refractivity (Wildman–Crippen MR) is 104 cm³/mol. The van der Waals surface area contributed by atoms with Crippen molar-refractivity contribution in [3.05, 3.63) is 58.9 Å². The molecule has 2 aromatic carbocycles. The van der Waals surface area contributed by atoms with Crippen molar-refractivity contribution < 1.29 is 14.3 Å². The van der Waals surface area contributed by atoms with Crippen LogP contribution in [0.1, 0.15) is 28.4 Å². The fourth-order valence-corrected chi connectivity index (χ4v) is 2.88. The monoisotopic (exact) mass is 380 g/mol. The van der Waals surface area contributed by atoms with Crippen molar-refractivity contribution in [1.82, 2.24) is 20.6 Å². The first kappa shape index (κ1) is 19.3. The van der Waals surface area contributed by atoms with Gasteiger partial charge in [0.2, 0.25) is 5.91 Å². The van der Waals surface area contributed by atoms with Crippen molar-refractivity contribution in [3.63, 3.8) is 0 Å². The van der Waals surface area contributed by atoms with Crippen molar-refractivity contribution in [2.45, 2.75) is 26.2 Å². The molecule has 3 rings (SSSR count). The summed E-state index contributed by atoms with van der Waals surface area (Å²) in [6, 6.07) is 11.2. The van der Waals surface area contributed by atoms with Gasteiger partial charge in [-0.15, -0.1) is 0 Å². The predicted octanol–water partition coefficient (Wildman–Crippen LogP) is 2.43. The van der Waals surface area contributed by atoms with E-state index in [9.17, 15) is 4.79 Å². The van der Waals surface area contributed by atoms with Crippen LogP contribution < -0.4 is 19.9 Å². The molecular weight excluding hydrogens is 358 g/mol. The minimum Gasteiger partial charge on any atom is -0.497 e. The van der Waals surface area contributed by atoms with E-state index in [1.807, 2.05) is 44.2 Å². The normalized spacial score (nSPS) is 11.7. The molecular formula is C20H22N5O3-. The van der Waals surface area contributed by atoms with Crippen molar-refractivity contribution in [2.75, 3.05) is 19.5 Å². The van der Waals surface area contributed by atoms with Crippen LogP contribution in [0.5, 0.6) is 11.5 Å². The number of aryl methyl sites for hydroxylation is 2. The Morgan fingerprint density at radius 3 is 2.57 bits per heavy atom. The van der Waals surface area contributed by atoms with Crippen LogP contribution in [0.4, 0.5) is 5.69 Å². The number of nitrogens with one attached hydrogen (secondary N) is 1. The Bertz CT molecular complexity index is 956. The minimum atomic E-state index is -0.668. The van der Waals surface area contributed by atoms with Crippen LogP contribution in [0.3, 0.4) is 0 Å². The highest BCUT2D eigenvalue weighted by Gasteiger charge is 2.23. The van der Waals surface area contributed by atoms with E-state index in [-0.39, 0.29) is 11.7 Å². The van der Waals surface area contributed by atoms with E-state index < -0.39 is 5.92 Å². The maximum absolute atomic E-state index is 13.0. The molecule has 8 heteroatoms. The first-order valence-electron chi connectivity index (χ1n) is 8.79. The van der Waals surface area contributed by atoms with Crippen molar-refractivity contribution in [1.29, 1.82) is 0 Å². The molecule has 1 heterocycles. The lowest BCUT2D eigenvalue weighted by Gasteiger charge is -2.19. The van der Waals surface area contributed by atoms with Crippen LogP contribution in [-0.2, 0) is 11.2 Å². The van der Waals surface area contributed by atoms with Gasteiger partial charge in [0, 0.05) is 17.6 Å². The van der Waals surface area contributed by atoms with Gasteiger partial charge in [0.1, 0.15) is 11.5 Å². The zero-order valence-electron chi connectivity index (χ0n) is 16.3. The van der Waals surface area contributed by atoms with Crippen LogP contribution in [-0.4, -0.2) is 35.7 Å². The smallest absolute Gasteiger partial charge is 0.232 e. The molecule has 0 saturated heterocycles. The third kappa shape index (κ3) is 4.28. The number of hydrogen-bond acceptors (Lipinski definition) is 6. The fraction of sp³-hybridized carbons (Fsp3) is 0.300. The Labute approximate surface area is 163 Å². The Kier molecular flexibility index (Phi) is 5.88. The molecule has 0 aliphatic heterocycles. The molecule has 1 atom stereocenters. The van der Waals surface area contributed by atoms with Gasteiger partial charge in [-0.1, -0.05) is 12.1 Å². The number of carbonyl (C=O) groups is 1. The fourth-order valence-electron chi connectivity index (χ4n) is 2.88. The molecule has 0 spiro atoms. The molecule has 28 heavy (non-hydrogen) atoms. The molecule has 146 valence electrons. The molecule has 0 unspecified atom stereocenters. The number of nitrogens with zero attached hydrogens (tertiary/aromatic N) is 4. The Morgan fingerprint density at radius 2 is 1.93 bits per heavy atom. The van der Waals surface area contributed by atoms with Crippen molar-refractivity contribution >= 4 is 11.6 Å². The van der Waals surface area contributed by atoms with Crippen LogP contribution in [0.2, 0.25) is 0 Å². The van der Waals surface area contributed by atoms with Crippen LogP contribution in [0.25, 0.3) is 0 Å². The summed E-state index contributed by atoms with van der Waals surface area (Å²) in [6.45, 7) is 4.02. The number of tetrazole rings is 1. The second kappa shape index (κ2) is 8.51. The number of ether oxygens (including phenoxy) is 2. The standard InChI is InChI=1S/C20H23N5O3/c1-12-5-7-15(9-13(12)2)21-20(26)17(19-22-24-25-23-19)10-14-6-8-16(27-3)11-18(14)28-4/h5-9,11,17H,10H2,1-4H3,(H2,21,22,23,24,25,26)/p-1/t17-/m1/s1. The second-order valence-corrected chi connectivity index (χ2v) is 6.46. The number of methoxy groups -OCH3 is 2. The zero-order chi connectivity index (χ0) is 20.1. The summed E-state index contributed by atoms with van der Waals surface area (Å²) in [4.78, 5) is 13.0. The maximum Gasteiger partial charge on any atom is 0.232 e. The molecule has 3 aromatic rings. The van der Waals surface area contributed by atoms with Gasteiger partial charge in [0.15, 0.2) is 0 Å². The van der Waals surface area contributed by atoms with Gasteiger partial charge in [-0.3, -0.25) is 15.1 Å². The van der Waals surface area contributed by atoms with Gasteiger partial charge in [-0.2, -0.15) is 5.21 Å². The Balaban J connectivity index is 1.87. The summed E-state index contributed by atoms with van der Waals surface area (Å²) in [5.41, 5.74) is 3.80. The number of hydrogen-bond donors (Lipinski definition) is 1. The van der Waals surface area contributed by atoms with Gasteiger partial charge in [0.25, 0.3) is 0 Å². The van der Waals surface area contributed by atoms with Crippen LogP contribution in [0.15, 0.2) is 36.4 Å². The van der Waals surface area contributed by atoms with Gasteiger partial charge in [-0.25, -0.2) is 0 Å². The first-order chi connectivity index (χ1) is 13.5. The van der Waals surface area contributed by atoms with Gasteiger partial charge in [0.05, 0.1) is 20.1 Å². The van der Waals surface area contributed by atoms with E-state index in [0.717, 1.165) is 16.7 Å².